The molecule has 2 atom stereocenters. The zero-order valence-electron chi connectivity index (χ0n) is 12.9. The van der Waals surface area contributed by atoms with Crippen molar-refractivity contribution in [2.75, 3.05) is 6.61 Å². The number of aliphatic hydroxyl groups is 3. The van der Waals surface area contributed by atoms with Crippen molar-refractivity contribution >= 4 is 22.3 Å². The van der Waals surface area contributed by atoms with E-state index in [1.54, 1.807) is 0 Å². The minimum Gasteiger partial charge on any atom is -0.394 e. The van der Waals surface area contributed by atoms with Crippen LogP contribution in [0.15, 0.2) is 42.9 Å². The second-order valence-electron chi connectivity index (χ2n) is 5.45. The SMILES string of the molecule is OCC(O)C(O)c1nn(-c2ccccc2)c2nc3cncnc3nc12. The standard InChI is InChI=1S/C16H14N6O3/c23-7-11(24)14(25)12-13-16(19-10-6-17-8-18-15(10)20-13)22(21-12)9-4-2-1-3-5-9/h1-6,8,11,14,23-25H,7H2. The van der Waals surface area contributed by atoms with E-state index in [0.717, 1.165) is 5.69 Å². The van der Waals surface area contributed by atoms with Crippen molar-refractivity contribution < 1.29 is 15.3 Å². The zero-order valence-corrected chi connectivity index (χ0v) is 12.9. The zero-order chi connectivity index (χ0) is 17.4. The predicted octanol–water partition coefficient (Wildman–Crippen LogP) is 0.145. The second kappa shape index (κ2) is 6.13. The Morgan fingerprint density at radius 3 is 2.64 bits per heavy atom. The van der Waals surface area contributed by atoms with Gasteiger partial charge in [0.05, 0.1) is 18.5 Å². The maximum Gasteiger partial charge on any atom is 0.182 e. The fourth-order valence-corrected chi connectivity index (χ4v) is 2.56. The second-order valence-corrected chi connectivity index (χ2v) is 5.45. The van der Waals surface area contributed by atoms with Crippen LogP contribution in [0.4, 0.5) is 0 Å². The summed E-state index contributed by atoms with van der Waals surface area (Å²) in [6.07, 6.45) is 0.0927. The molecule has 3 N–H and O–H groups in total. The third-order valence-electron chi connectivity index (χ3n) is 3.81. The normalized spacial score (nSPS) is 14.0. The predicted molar refractivity (Wildman–Crippen MR) is 87.8 cm³/mol. The lowest BCUT2D eigenvalue weighted by molar-refractivity contribution is -0.0168. The van der Waals surface area contributed by atoms with Crippen molar-refractivity contribution in [2.24, 2.45) is 0 Å². The lowest BCUT2D eigenvalue weighted by Crippen LogP contribution is -2.22. The molecule has 3 heterocycles. The molecule has 25 heavy (non-hydrogen) atoms. The van der Waals surface area contributed by atoms with Gasteiger partial charge in [-0.2, -0.15) is 5.10 Å². The van der Waals surface area contributed by atoms with Gasteiger partial charge in [-0.1, -0.05) is 18.2 Å². The number of aromatic nitrogens is 6. The summed E-state index contributed by atoms with van der Waals surface area (Å²) in [7, 11) is 0. The molecule has 0 aliphatic rings. The molecule has 126 valence electrons. The van der Waals surface area contributed by atoms with Crippen LogP contribution in [0.25, 0.3) is 28.0 Å². The summed E-state index contributed by atoms with van der Waals surface area (Å²) in [5.74, 6) is 0. The molecule has 0 bridgehead atoms. The van der Waals surface area contributed by atoms with Crippen molar-refractivity contribution in [3.8, 4) is 5.69 Å². The molecule has 0 aliphatic carbocycles. The highest BCUT2D eigenvalue weighted by Crippen LogP contribution is 2.26. The average Bonchev–Trinajstić information content (AvgIpc) is 3.04. The van der Waals surface area contributed by atoms with Crippen LogP contribution in [-0.2, 0) is 0 Å². The van der Waals surface area contributed by atoms with Gasteiger partial charge < -0.3 is 15.3 Å². The van der Waals surface area contributed by atoms with Crippen molar-refractivity contribution in [1.82, 2.24) is 29.7 Å². The largest absolute Gasteiger partial charge is 0.394 e. The lowest BCUT2D eigenvalue weighted by Gasteiger charge is -2.12. The minimum atomic E-state index is -1.41. The molecular formula is C16H14N6O3. The quantitative estimate of drug-likeness (QED) is 0.479. The summed E-state index contributed by atoms with van der Waals surface area (Å²) in [5.41, 5.74) is 2.36. The van der Waals surface area contributed by atoms with Gasteiger partial charge in [-0.15, -0.1) is 0 Å². The Hall–Kier alpha value is -3.01. The van der Waals surface area contributed by atoms with E-state index in [2.05, 4.69) is 25.0 Å². The number of rotatable bonds is 4. The van der Waals surface area contributed by atoms with Gasteiger partial charge in [0.1, 0.15) is 35.3 Å². The van der Waals surface area contributed by atoms with Crippen LogP contribution in [0.2, 0.25) is 0 Å². The van der Waals surface area contributed by atoms with E-state index in [-0.39, 0.29) is 5.69 Å². The maximum absolute atomic E-state index is 10.3. The smallest absolute Gasteiger partial charge is 0.182 e. The van der Waals surface area contributed by atoms with E-state index in [9.17, 15) is 10.2 Å². The number of fused-ring (bicyclic) bond motifs is 2. The number of nitrogens with zero attached hydrogens (tertiary/aromatic N) is 6. The fourth-order valence-electron chi connectivity index (χ4n) is 2.56. The van der Waals surface area contributed by atoms with Crippen molar-refractivity contribution in [3.63, 3.8) is 0 Å². The summed E-state index contributed by atoms with van der Waals surface area (Å²) >= 11 is 0. The summed E-state index contributed by atoms with van der Waals surface area (Å²) in [6.45, 7) is -0.607. The number of aliphatic hydroxyl groups excluding tert-OH is 3. The van der Waals surface area contributed by atoms with E-state index in [0.29, 0.717) is 22.3 Å². The Bertz CT molecular complexity index is 1040. The molecule has 9 nitrogen and oxygen atoms in total. The van der Waals surface area contributed by atoms with Gasteiger partial charge in [-0.3, -0.25) is 0 Å². The van der Waals surface area contributed by atoms with Crippen molar-refractivity contribution in [1.29, 1.82) is 0 Å². The summed E-state index contributed by atoms with van der Waals surface area (Å²) in [5, 5.41) is 33.6. The van der Waals surface area contributed by atoms with E-state index >= 15 is 0 Å². The fraction of sp³-hybridized carbons (Fsp3) is 0.188. The van der Waals surface area contributed by atoms with Gasteiger partial charge >= 0.3 is 0 Å². The van der Waals surface area contributed by atoms with Crippen LogP contribution in [0, 0.1) is 0 Å². The molecule has 0 fully saturated rings. The Morgan fingerprint density at radius 2 is 1.88 bits per heavy atom. The molecule has 0 amide bonds. The van der Waals surface area contributed by atoms with Gasteiger partial charge in [0.2, 0.25) is 0 Å². The van der Waals surface area contributed by atoms with Crippen LogP contribution < -0.4 is 0 Å². The lowest BCUT2D eigenvalue weighted by atomic mass is 10.1. The van der Waals surface area contributed by atoms with Gasteiger partial charge in [0, 0.05) is 0 Å². The molecule has 0 saturated heterocycles. The van der Waals surface area contributed by atoms with E-state index < -0.39 is 18.8 Å². The molecule has 9 heteroatoms. The molecule has 0 aliphatic heterocycles. The van der Waals surface area contributed by atoms with Crippen LogP contribution in [0.5, 0.6) is 0 Å². The first-order chi connectivity index (χ1) is 12.2. The molecule has 0 radical (unpaired) electrons. The first kappa shape index (κ1) is 15.5. The third kappa shape index (κ3) is 2.60. The minimum absolute atomic E-state index is 0.119. The molecule has 4 aromatic rings. The van der Waals surface area contributed by atoms with Gasteiger partial charge in [0.15, 0.2) is 11.3 Å². The van der Waals surface area contributed by atoms with Crippen LogP contribution in [-0.4, -0.2) is 57.7 Å². The number of para-hydroxylation sites is 1. The van der Waals surface area contributed by atoms with E-state index in [4.69, 9.17) is 5.11 Å². The number of hydrogen-bond donors (Lipinski definition) is 3. The first-order valence-electron chi connectivity index (χ1n) is 7.58. The number of benzene rings is 1. The van der Waals surface area contributed by atoms with Crippen molar-refractivity contribution in [2.45, 2.75) is 12.2 Å². The highest BCUT2D eigenvalue weighted by atomic mass is 16.4. The van der Waals surface area contributed by atoms with Gasteiger partial charge in [-0.05, 0) is 12.1 Å². The number of hydrogen-bond acceptors (Lipinski definition) is 8. The highest BCUT2D eigenvalue weighted by molar-refractivity contribution is 5.84. The topological polar surface area (TPSA) is 130 Å². The molecular weight excluding hydrogens is 324 g/mol. The molecule has 1 aromatic carbocycles. The van der Waals surface area contributed by atoms with Crippen LogP contribution >= 0.6 is 0 Å². The third-order valence-corrected chi connectivity index (χ3v) is 3.81. The van der Waals surface area contributed by atoms with Crippen LogP contribution in [0.3, 0.4) is 0 Å². The molecule has 0 spiro atoms. The Labute approximate surface area is 141 Å². The Balaban J connectivity index is 2.03. The maximum atomic E-state index is 10.3. The highest BCUT2D eigenvalue weighted by Gasteiger charge is 2.26. The van der Waals surface area contributed by atoms with Gasteiger partial charge in [-0.25, -0.2) is 24.6 Å². The Kier molecular flexibility index (Phi) is 3.80. The molecule has 4 rings (SSSR count). The summed E-state index contributed by atoms with van der Waals surface area (Å²) in [4.78, 5) is 16.9. The molecule has 2 unspecified atom stereocenters. The summed E-state index contributed by atoms with van der Waals surface area (Å²) in [6, 6.07) is 9.23. The van der Waals surface area contributed by atoms with E-state index in [1.807, 2.05) is 30.3 Å². The van der Waals surface area contributed by atoms with Crippen molar-refractivity contribution in [3.05, 3.63) is 48.5 Å². The monoisotopic (exact) mass is 338 g/mol. The van der Waals surface area contributed by atoms with Gasteiger partial charge in [0.25, 0.3) is 0 Å². The average molecular weight is 338 g/mol. The summed E-state index contributed by atoms with van der Waals surface area (Å²) < 4.78 is 1.53. The van der Waals surface area contributed by atoms with E-state index in [1.165, 1.54) is 17.2 Å². The first-order valence-corrected chi connectivity index (χ1v) is 7.58. The molecule has 3 aromatic heterocycles. The molecule has 0 saturated carbocycles. The Morgan fingerprint density at radius 1 is 1.08 bits per heavy atom. The van der Waals surface area contributed by atoms with Crippen LogP contribution in [0.1, 0.15) is 11.8 Å².